The van der Waals surface area contributed by atoms with E-state index >= 15 is 0 Å². The Bertz CT molecular complexity index is 1100. The van der Waals surface area contributed by atoms with E-state index in [1.165, 1.54) is 0 Å². The lowest BCUT2D eigenvalue weighted by Crippen LogP contribution is -2.50. The molecule has 1 aromatic carbocycles. The Balaban J connectivity index is 1.25. The van der Waals surface area contributed by atoms with E-state index in [4.69, 9.17) is 4.98 Å². The van der Waals surface area contributed by atoms with Crippen LogP contribution in [0.5, 0.6) is 0 Å². The Morgan fingerprint density at radius 2 is 2.22 bits per heavy atom. The number of carbonyl (C=O) groups is 1. The first-order valence-electron chi connectivity index (χ1n) is 11.5. The molecule has 3 aromatic rings. The summed E-state index contributed by atoms with van der Waals surface area (Å²) < 4.78 is 1.10. The summed E-state index contributed by atoms with van der Waals surface area (Å²) in [5.74, 6) is 0.673. The highest BCUT2D eigenvalue weighted by Gasteiger charge is 2.25. The average molecular weight is 451 g/mol. The number of nitrogens with one attached hydrogen (secondary N) is 3. The van der Waals surface area contributed by atoms with Gasteiger partial charge in [-0.25, -0.2) is 9.97 Å². The highest BCUT2D eigenvalue weighted by Crippen LogP contribution is 2.35. The van der Waals surface area contributed by atoms with Gasteiger partial charge < -0.3 is 16.0 Å². The highest BCUT2D eigenvalue weighted by molar-refractivity contribution is 7.22. The van der Waals surface area contributed by atoms with Gasteiger partial charge in [-0.3, -0.25) is 9.69 Å². The molecule has 1 aliphatic heterocycles. The number of fused-ring (bicyclic) bond motifs is 1. The molecule has 0 radical (unpaired) electrons. The van der Waals surface area contributed by atoms with E-state index in [1.807, 2.05) is 18.2 Å². The Labute approximate surface area is 192 Å². The minimum atomic E-state index is 0.0197. The maximum absolute atomic E-state index is 12.6. The van der Waals surface area contributed by atoms with E-state index < -0.39 is 0 Å². The number of piperazine rings is 1. The quantitative estimate of drug-likeness (QED) is 0.457. The number of hydrogen-bond acceptors (Lipinski definition) is 7. The molecule has 0 unspecified atom stereocenters. The second kappa shape index (κ2) is 9.52. The van der Waals surface area contributed by atoms with E-state index in [0.29, 0.717) is 18.0 Å². The third kappa shape index (κ3) is 4.92. The van der Waals surface area contributed by atoms with Gasteiger partial charge in [0.2, 0.25) is 5.95 Å². The number of nitrogens with zero attached hydrogens (tertiary/aromatic N) is 3. The third-order valence-corrected chi connectivity index (χ3v) is 7.29. The summed E-state index contributed by atoms with van der Waals surface area (Å²) in [7, 11) is 0. The summed E-state index contributed by atoms with van der Waals surface area (Å²) in [5, 5.41) is 10.9. The highest BCUT2D eigenvalue weighted by atomic mass is 32.1. The molecule has 1 atom stereocenters. The van der Waals surface area contributed by atoms with Crippen molar-refractivity contribution in [3.63, 3.8) is 0 Å². The molecular weight excluding hydrogens is 420 g/mol. The van der Waals surface area contributed by atoms with Gasteiger partial charge in [0.15, 0.2) is 0 Å². The molecule has 2 fully saturated rings. The largest absolute Gasteiger partial charge is 0.354 e. The van der Waals surface area contributed by atoms with Crippen LogP contribution < -0.4 is 16.0 Å². The molecule has 0 spiro atoms. The Kier molecular flexibility index (Phi) is 6.34. The van der Waals surface area contributed by atoms with Crippen molar-refractivity contribution in [3.8, 4) is 10.6 Å². The zero-order chi connectivity index (χ0) is 21.9. The number of carbonyl (C=O) groups excluding carboxylic acids is 1. The topological polar surface area (TPSA) is 82.2 Å². The predicted molar refractivity (Wildman–Crippen MR) is 130 cm³/mol. The van der Waals surface area contributed by atoms with Crippen LogP contribution in [0.3, 0.4) is 0 Å². The summed E-state index contributed by atoms with van der Waals surface area (Å²) in [6.07, 6.45) is 5.03. The Morgan fingerprint density at radius 1 is 1.31 bits per heavy atom. The van der Waals surface area contributed by atoms with Gasteiger partial charge in [0.1, 0.15) is 0 Å². The van der Waals surface area contributed by atoms with E-state index in [0.717, 1.165) is 78.2 Å². The van der Waals surface area contributed by atoms with Crippen molar-refractivity contribution in [1.29, 1.82) is 0 Å². The Morgan fingerprint density at radius 3 is 3.06 bits per heavy atom. The van der Waals surface area contributed by atoms with Gasteiger partial charge in [-0.1, -0.05) is 6.07 Å². The minimum Gasteiger partial charge on any atom is -0.354 e. The molecule has 32 heavy (non-hydrogen) atoms. The summed E-state index contributed by atoms with van der Waals surface area (Å²) in [6.45, 7) is 7.45. The van der Waals surface area contributed by atoms with Crippen LogP contribution in [0.25, 0.3) is 20.7 Å². The van der Waals surface area contributed by atoms with Crippen LogP contribution in [0.4, 0.5) is 5.95 Å². The molecular formula is C24H30N6OS. The average Bonchev–Trinajstić information content (AvgIpc) is 3.51. The van der Waals surface area contributed by atoms with Crippen LogP contribution in [-0.4, -0.2) is 65.6 Å². The van der Waals surface area contributed by atoms with Crippen molar-refractivity contribution in [3.05, 3.63) is 42.1 Å². The van der Waals surface area contributed by atoms with Crippen LogP contribution >= 0.6 is 11.3 Å². The maximum atomic E-state index is 12.6. The van der Waals surface area contributed by atoms with Crippen LogP contribution in [-0.2, 0) is 0 Å². The first kappa shape index (κ1) is 21.3. The monoisotopic (exact) mass is 450 g/mol. The van der Waals surface area contributed by atoms with Gasteiger partial charge >= 0.3 is 0 Å². The van der Waals surface area contributed by atoms with Gasteiger partial charge in [0.25, 0.3) is 5.91 Å². The zero-order valence-electron chi connectivity index (χ0n) is 18.4. The van der Waals surface area contributed by atoms with Gasteiger partial charge in [-0.2, -0.15) is 0 Å². The number of benzene rings is 1. The van der Waals surface area contributed by atoms with E-state index in [-0.39, 0.29) is 5.91 Å². The molecule has 2 aromatic heterocycles. The lowest BCUT2D eigenvalue weighted by Gasteiger charge is -2.33. The SMILES string of the molecule is C[C@@H]1CNCCN1CCCNc1nccc(-c2cc3c(C(=O)NC4CC4)cccc3s2)n1. The lowest BCUT2D eigenvalue weighted by atomic mass is 10.1. The molecule has 1 aliphatic carbocycles. The van der Waals surface area contributed by atoms with Crippen molar-refractivity contribution in [1.82, 2.24) is 25.5 Å². The summed E-state index contributed by atoms with van der Waals surface area (Å²) in [4.78, 5) is 25.4. The number of thiophene rings is 1. The molecule has 5 rings (SSSR count). The molecule has 8 heteroatoms. The van der Waals surface area contributed by atoms with E-state index in [9.17, 15) is 4.79 Å². The van der Waals surface area contributed by atoms with Gasteiger partial charge in [0, 0.05) is 66.7 Å². The number of amides is 1. The van der Waals surface area contributed by atoms with Crippen LogP contribution in [0, 0.1) is 0 Å². The van der Waals surface area contributed by atoms with Crippen molar-refractivity contribution < 1.29 is 4.79 Å². The molecule has 3 N–H and O–H groups in total. The standard InChI is InChI=1S/C24H30N6OS/c1-16-15-25-11-13-30(16)12-3-9-26-24-27-10-8-20(29-24)22-14-19-18(4-2-5-21(19)32-22)23(31)28-17-6-7-17/h2,4-5,8,10,14,16-17,25H,3,6-7,9,11-13,15H2,1H3,(H,28,31)(H,26,27,29)/t16-/m1/s1. The minimum absolute atomic E-state index is 0.0197. The molecule has 2 aliphatic rings. The summed E-state index contributed by atoms with van der Waals surface area (Å²) in [5.41, 5.74) is 1.62. The van der Waals surface area contributed by atoms with Crippen molar-refractivity contribution in [2.24, 2.45) is 0 Å². The molecule has 7 nitrogen and oxygen atoms in total. The molecule has 1 amide bonds. The van der Waals surface area contributed by atoms with Crippen molar-refractivity contribution in [2.75, 3.05) is 38.0 Å². The summed E-state index contributed by atoms with van der Waals surface area (Å²) in [6, 6.07) is 10.9. The fourth-order valence-corrected chi connectivity index (χ4v) is 5.21. The summed E-state index contributed by atoms with van der Waals surface area (Å²) >= 11 is 1.66. The van der Waals surface area contributed by atoms with Crippen molar-refractivity contribution in [2.45, 2.75) is 38.3 Å². The van der Waals surface area contributed by atoms with E-state index in [2.05, 4.69) is 44.9 Å². The molecule has 3 heterocycles. The first-order chi connectivity index (χ1) is 15.7. The van der Waals surface area contributed by atoms with Gasteiger partial charge in [-0.15, -0.1) is 11.3 Å². The number of anilines is 1. The van der Waals surface area contributed by atoms with Crippen LogP contribution in [0.1, 0.15) is 36.5 Å². The first-order valence-corrected chi connectivity index (χ1v) is 12.3. The van der Waals surface area contributed by atoms with Gasteiger partial charge in [0.05, 0.1) is 10.6 Å². The maximum Gasteiger partial charge on any atom is 0.252 e. The smallest absolute Gasteiger partial charge is 0.252 e. The van der Waals surface area contributed by atoms with E-state index in [1.54, 1.807) is 17.5 Å². The second-order valence-electron chi connectivity index (χ2n) is 8.71. The number of aromatic nitrogens is 2. The number of hydrogen-bond donors (Lipinski definition) is 3. The van der Waals surface area contributed by atoms with Crippen LogP contribution in [0.15, 0.2) is 36.5 Å². The third-order valence-electron chi connectivity index (χ3n) is 6.17. The zero-order valence-corrected chi connectivity index (χ0v) is 19.3. The lowest BCUT2D eigenvalue weighted by molar-refractivity contribution is 0.0953. The fourth-order valence-electron chi connectivity index (χ4n) is 4.15. The normalized spacial score (nSPS) is 19.2. The molecule has 1 saturated heterocycles. The second-order valence-corrected chi connectivity index (χ2v) is 9.79. The molecule has 168 valence electrons. The predicted octanol–water partition coefficient (Wildman–Crippen LogP) is 3.35. The molecule has 0 bridgehead atoms. The number of rotatable bonds is 8. The fraction of sp³-hybridized carbons (Fsp3) is 0.458. The Hall–Kier alpha value is -2.55. The van der Waals surface area contributed by atoms with Gasteiger partial charge in [-0.05, 0) is 50.5 Å². The van der Waals surface area contributed by atoms with Crippen LogP contribution in [0.2, 0.25) is 0 Å². The van der Waals surface area contributed by atoms with Crippen molar-refractivity contribution >= 4 is 33.3 Å². The molecule has 1 saturated carbocycles.